The molecule has 27 heavy (non-hydrogen) atoms. The third-order valence-electron chi connectivity index (χ3n) is 4.46. The predicted octanol–water partition coefficient (Wildman–Crippen LogP) is 3.53. The van der Waals surface area contributed by atoms with Crippen molar-refractivity contribution in [3.63, 3.8) is 0 Å². The highest BCUT2D eigenvalue weighted by Gasteiger charge is 2.25. The van der Waals surface area contributed by atoms with Crippen molar-refractivity contribution in [1.29, 1.82) is 0 Å². The Morgan fingerprint density at radius 3 is 2.37 bits per heavy atom. The van der Waals surface area contributed by atoms with Gasteiger partial charge in [0.2, 0.25) is 11.8 Å². The van der Waals surface area contributed by atoms with Gasteiger partial charge in [0.15, 0.2) is 0 Å². The molecule has 0 fully saturated rings. The molecule has 0 radical (unpaired) electrons. The third kappa shape index (κ3) is 5.82. The van der Waals surface area contributed by atoms with Gasteiger partial charge >= 0.3 is 0 Å². The number of carbonyl (C=O) groups is 2. The van der Waals surface area contributed by atoms with Gasteiger partial charge in [-0.2, -0.15) is 0 Å². The number of halogens is 1. The fourth-order valence-electron chi connectivity index (χ4n) is 2.71. The largest absolute Gasteiger partial charge is 0.357 e. The molecule has 0 spiro atoms. The molecule has 0 aliphatic heterocycles. The van der Waals surface area contributed by atoms with E-state index >= 15 is 0 Å². The molecule has 2 rings (SSSR count). The number of carbonyl (C=O) groups excluding carboxylic acids is 2. The molecule has 2 aromatic rings. The van der Waals surface area contributed by atoms with E-state index in [1.54, 1.807) is 37.1 Å². The van der Waals surface area contributed by atoms with Gasteiger partial charge in [-0.25, -0.2) is 4.39 Å². The van der Waals surface area contributed by atoms with Gasteiger partial charge in [-0.05, 0) is 36.6 Å². The molecule has 0 aliphatic rings. The normalized spacial score (nSPS) is 11.7. The number of nitrogens with zero attached hydrogens (tertiary/aromatic N) is 1. The van der Waals surface area contributed by atoms with Gasteiger partial charge in [0, 0.05) is 19.3 Å². The summed E-state index contributed by atoms with van der Waals surface area (Å²) in [6.45, 7) is 4.06. The van der Waals surface area contributed by atoms with E-state index in [1.807, 2.05) is 31.2 Å². The maximum Gasteiger partial charge on any atom is 0.242 e. The Morgan fingerprint density at radius 1 is 1.11 bits per heavy atom. The number of aryl methyl sites for hydroxylation is 1. The fourth-order valence-corrected chi connectivity index (χ4v) is 3.61. The first-order chi connectivity index (χ1) is 12.9. The van der Waals surface area contributed by atoms with Crippen molar-refractivity contribution in [2.75, 3.05) is 12.8 Å². The Bertz CT molecular complexity index is 797. The van der Waals surface area contributed by atoms with Crippen molar-refractivity contribution in [3.05, 3.63) is 71.0 Å². The Kier molecular flexibility index (Phi) is 7.85. The zero-order valence-corrected chi connectivity index (χ0v) is 16.7. The highest BCUT2D eigenvalue weighted by molar-refractivity contribution is 7.99. The van der Waals surface area contributed by atoms with E-state index in [9.17, 15) is 14.0 Å². The standard InChI is InChI=1S/C21H25FN2O2S/c1-15-8-4-5-9-17(15)12-24(16(2)21(26)23-3)20(25)14-27-13-18-10-6-7-11-19(18)22/h4-11,16H,12-14H2,1-3H3,(H,23,26). The molecule has 144 valence electrons. The number of likely N-dealkylation sites (N-methyl/N-ethyl adjacent to an activating group) is 1. The van der Waals surface area contributed by atoms with Gasteiger partial charge in [0.1, 0.15) is 11.9 Å². The Hall–Kier alpha value is -2.34. The quantitative estimate of drug-likeness (QED) is 0.753. The molecular formula is C21H25FN2O2S. The number of hydrogen-bond acceptors (Lipinski definition) is 3. The molecule has 1 atom stereocenters. The summed E-state index contributed by atoms with van der Waals surface area (Å²) >= 11 is 1.35. The first-order valence-corrected chi connectivity index (χ1v) is 9.96. The lowest BCUT2D eigenvalue weighted by atomic mass is 10.1. The Morgan fingerprint density at radius 2 is 1.74 bits per heavy atom. The van der Waals surface area contributed by atoms with E-state index in [0.29, 0.717) is 17.9 Å². The van der Waals surface area contributed by atoms with Crippen LogP contribution in [0.3, 0.4) is 0 Å². The summed E-state index contributed by atoms with van der Waals surface area (Å²) < 4.78 is 13.7. The minimum absolute atomic E-state index is 0.143. The first kappa shape index (κ1) is 21.0. The fraction of sp³-hybridized carbons (Fsp3) is 0.333. The molecule has 0 bridgehead atoms. The number of thioether (sulfide) groups is 1. The SMILES string of the molecule is CNC(=O)C(C)N(Cc1ccccc1C)C(=O)CSCc1ccccc1F. The van der Waals surface area contributed by atoms with Gasteiger partial charge in [-0.1, -0.05) is 42.5 Å². The topological polar surface area (TPSA) is 49.4 Å². The lowest BCUT2D eigenvalue weighted by Gasteiger charge is -2.29. The van der Waals surface area contributed by atoms with E-state index in [-0.39, 0.29) is 23.4 Å². The number of amides is 2. The van der Waals surface area contributed by atoms with Crippen LogP contribution in [0.25, 0.3) is 0 Å². The summed E-state index contributed by atoms with van der Waals surface area (Å²) in [4.78, 5) is 26.5. The van der Waals surface area contributed by atoms with Crippen molar-refractivity contribution in [2.45, 2.75) is 32.2 Å². The number of nitrogens with one attached hydrogen (secondary N) is 1. The second-order valence-electron chi connectivity index (χ2n) is 6.32. The van der Waals surface area contributed by atoms with Crippen molar-refractivity contribution >= 4 is 23.6 Å². The minimum Gasteiger partial charge on any atom is -0.357 e. The van der Waals surface area contributed by atoms with Crippen LogP contribution in [0.5, 0.6) is 0 Å². The van der Waals surface area contributed by atoms with Gasteiger partial charge in [-0.3, -0.25) is 9.59 Å². The second kappa shape index (κ2) is 10.1. The molecule has 4 nitrogen and oxygen atoms in total. The summed E-state index contributed by atoms with van der Waals surface area (Å²) in [5.41, 5.74) is 2.64. The molecule has 0 saturated carbocycles. The molecule has 0 saturated heterocycles. The zero-order chi connectivity index (χ0) is 19.8. The van der Waals surface area contributed by atoms with Crippen molar-refractivity contribution in [3.8, 4) is 0 Å². The molecule has 0 aliphatic carbocycles. The molecule has 6 heteroatoms. The van der Waals surface area contributed by atoms with Gasteiger partial charge < -0.3 is 10.2 Å². The minimum atomic E-state index is -0.587. The zero-order valence-electron chi connectivity index (χ0n) is 15.9. The van der Waals surface area contributed by atoms with Crippen LogP contribution >= 0.6 is 11.8 Å². The molecular weight excluding hydrogens is 363 g/mol. The van der Waals surface area contributed by atoms with Crippen LogP contribution in [0.4, 0.5) is 4.39 Å². The highest BCUT2D eigenvalue weighted by Crippen LogP contribution is 2.18. The number of hydrogen-bond donors (Lipinski definition) is 1. The van der Waals surface area contributed by atoms with Gasteiger partial charge in [-0.15, -0.1) is 11.8 Å². The van der Waals surface area contributed by atoms with E-state index in [4.69, 9.17) is 0 Å². The predicted molar refractivity (Wildman–Crippen MR) is 108 cm³/mol. The smallest absolute Gasteiger partial charge is 0.242 e. The van der Waals surface area contributed by atoms with Crippen LogP contribution in [0, 0.1) is 12.7 Å². The summed E-state index contributed by atoms with van der Waals surface area (Å²) in [6, 6.07) is 13.8. The molecule has 0 heterocycles. The van der Waals surface area contributed by atoms with Gasteiger partial charge in [0.05, 0.1) is 5.75 Å². The number of benzene rings is 2. The monoisotopic (exact) mass is 388 g/mol. The van der Waals surface area contributed by atoms with Crippen LogP contribution in [0.2, 0.25) is 0 Å². The summed E-state index contributed by atoms with van der Waals surface area (Å²) in [5.74, 6) is -0.0355. The van der Waals surface area contributed by atoms with E-state index < -0.39 is 6.04 Å². The maximum absolute atomic E-state index is 13.7. The first-order valence-electron chi connectivity index (χ1n) is 8.80. The third-order valence-corrected chi connectivity index (χ3v) is 5.42. The van der Waals surface area contributed by atoms with E-state index in [1.165, 1.54) is 17.8 Å². The average molecular weight is 389 g/mol. The summed E-state index contributed by atoms with van der Waals surface area (Å²) in [5, 5.41) is 2.60. The Labute approximate surface area is 164 Å². The lowest BCUT2D eigenvalue weighted by Crippen LogP contribution is -2.47. The Balaban J connectivity index is 2.07. The van der Waals surface area contributed by atoms with Crippen molar-refractivity contribution in [2.24, 2.45) is 0 Å². The molecule has 1 N–H and O–H groups in total. The second-order valence-corrected chi connectivity index (χ2v) is 7.31. The van der Waals surface area contributed by atoms with Crippen molar-refractivity contribution < 1.29 is 14.0 Å². The highest BCUT2D eigenvalue weighted by atomic mass is 32.2. The van der Waals surface area contributed by atoms with Crippen LogP contribution in [0.1, 0.15) is 23.6 Å². The number of rotatable bonds is 8. The van der Waals surface area contributed by atoms with Crippen molar-refractivity contribution in [1.82, 2.24) is 10.2 Å². The van der Waals surface area contributed by atoms with E-state index in [2.05, 4.69) is 5.32 Å². The molecule has 2 aromatic carbocycles. The van der Waals surface area contributed by atoms with Crippen LogP contribution in [-0.4, -0.2) is 35.6 Å². The van der Waals surface area contributed by atoms with Crippen LogP contribution < -0.4 is 5.32 Å². The summed E-state index contributed by atoms with van der Waals surface area (Å²) in [6.07, 6.45) is 0. The molecule has 0 aromatic heterocycles. The lowest BCUT2D eigenvalue weighted by molar-refractivity contribution is -0.138. The average Bonchev–Trinajstić information content (AvgIpc) is 2.67. The summed E-state index contributed by atoms with van der Waals surface area (Å²) in [7, 11) is 1.56. The van der Waals surface area contributed by atoms with Crippen LogP contribution in [0.15, 0.2) is 48.5 Å². The van der Waals surface area contributed by atoms with E-state index in [0.717, 1.165) is 11.1 Å². The molecule has 2 amide bonds. The maximum atomic E-state index is 13.7. The van der Waals surface area contributed by atoms with Gasteiger partial charge in [0.25, 0.3) is 0 Å². The van der Waals surface area contributed by atoms with Crippen LogP contribution in [-0.2, 0) is 21.9 Å². The molecule has 1 unspecified atom stereocenters.